The monoisotopic (exact) mass is 217 g/mol. The van der Waals surface area contributed by atoms with Crippen LogP contribution in [0.15, 0.2) is 0 Å². The van der Waals surface area contributed by atoms with E-state index in [1.807, 2.05) is 0 Å². The molecule has 0 fully saturated rings. The van der Waals surface area contributed by atoms with E-state index in [9.17, 15) is 8.42 Å². The highest BCUT2D eigenvalue weighted by molar-refractivity contribution is 7.80. The van der Waals surface area contributed by atoms with Crippen molar-refractivity contribution in [1.29, 1.82) is 0 Å². The third kappa shape index (κ3) is 2.58. The van der Waals surface area contributed by atoms with Gasteiger partial charge in [-0.15, -0.1) is 8.42 Å². The number of rotatable bonds is 4. The van der Waals surface area contributed by atoms with E-state index in [2.05, 4.69) is 0 Å². The van der Waals surface area contributed by atoms with Crippen LogP contribution in [0, 0.1) is 0 Å². The Kier molecular flexibility index (Phi) is 6.13. The first-order chi connectivity index (χ1) is 4.93. The topological polar surface area (TPSA) is 54.4 Å². The summed E-state index contributed by atoms with van der Waals surface area (Å²) in [5.41, 5.74) is 0. The molecule has 6 heteroatoms. The summed E-state index contributed by atoms with van der Waals surface area (Å²) < 4.78 is 30.4. The molecule has 0 aliphatic carbocycles. The van der Waals surface area contributed by atoms with Gasteiger partial charge in [0.2, 0.25) is 0 Å². The van der Waals surface area contributed by atoms with Crippen LogP contribution in [0.4, 0.5) is 0 Å². The lowest BCUT2D eigenvalue weighted by Crippen LogP contribution is -3.00. The van der Waals surface area contributed by atoms with Gasteiger partial charge in [0, 0.05) is 0 Å². The number of nitrogens with zero attached hydrogens (tertiary/aromatic N) is 1. The predicted molar refractivity (Wildman–Crippen MR) is 43.4 cm³/mol. The predicted octanol–water partition coefficient (Wildman–Crippen LogP) is -2.33. The zero-order valence-corrected chi connectivity index (χ0v) is 9.19. The Morgan fingerprint density at radius 2 is 1.33 bits per heavy atom. The summed E-state index contributed by atoms with van der Waals surface area (Å²) in [6.45, 7) is 6.48. The van der Waals surface area contributed by atoms with E-state index in [1.54, 1.807) is 20.8 Å². The molecule has 0 heterocycles. The summed E-state index contributed by atoms with van der Waals surface area (Å²) in [5, 5.41) is 0. The molecule has 4 nitrogen and oxygen atoms in total. The second kappa shape index (κ2) is 5.01. The maximum Gasteiger partial charge on any atom is 0.432 e. The van der Waals surface area contributed by atoms with Gasteiger partial charge in [-0.3, -0.25) is 0 Å². The average molecular weight is 218 g/mol. The van der Waals surface area contributed by atoms with Gasteiger partial charge in [-0.05, 0) is 20.8 Å². The molecular weight excluding hydrogens is 202 g/mol. The quantitative estimate of drug-likeness (QED) is 0.425. The van der Waals surface area contributed by atoms with Crippen molar-refractivity contribution in [3.05, 3.63) is 0 Å². The van der Waals surface area contributed by atoms with Gasteiger partial charge < -0.3 is 12.4 Å². The lowest BCUT2D eigenvalue weighted by atomic mass is 10.5. The van der Waals surface area contributed by atoms with E-state index >= 15 is 0 Å². The van der Waals surface area contributed by atoms with Crippen LogP contribution in [0.5, 0.6) is 0 Å². The van der Waals surface area contributed by atoms with Gasteiger partial charge in [0.25, 0.3) is 0 Å². The second-order valence-corrected chi connectivity index (χ2v) is 4.12. The van der Waals surface area contributed by atoms with Gasteiger partial charge in [0.1, 0.15) is 0 Å². The molecule has 0 aromatic heterocycles. The Morgan fingerprint density at radius 1 is 1.08 bits per heavy atom. The molecule has 12 heavy (non-hydrogen) atoms. The third-order valence-corrected chi connectivity index (χ3v) is 3.97. The SMILES string of the molecule is CC[N+](CC)(CC)S(=O)(=O)O.[Cl-]. The number of quaternary nitrogens is 1. The minimum Gasteiger partial charge on any atom is -1.00 e. The van der Waals surface area contributed by atoms with E-state index in [4.69, 9.17) is 4.55 Å². The van der Waals surface area contributed by atoms with E-state index in [0.717, 1.165) is 0 Å². The molecule has 0 bridgehead atoms. The van der Waals surface area contributed by atoms with Gasteiger partial charge in [-0.25, -0.2) is 4.55 Å². The van der Waals surface area contributed by atoms with Crippen molar-refractivity contribution in [2.45, 2.75) is 20.8 Å². The minimum absolute atomic E-state index is 0. The lowest BCUT2D eigenvalue weighted by molar-refractivity contribution is -0.804. The summed E-state index contributed by atoms with van der Waals surface area (Å²) in [5.74, 6) is 0. The Morgan fingerprint density at radius 3 is 1.33 bits per heavy atom. The van der Waals surface area contributed by atoms with Crippen molar-refractivity contribution in [2.24, 2.45) is 0 Å². The van der Waals surface area contributed by atoms with Crippen molar-refractivity contribution in [2.75, 3.05) is 19.6 Å². The molecule has 1 N–H and O–H groups in total. The summed E-state index contributed by atoms with van der Waals surface area (Å²) in [7, 11) is -3.94. The molecule has 0 saturated carbocycles. The second-order valence-electron chi connectivity index (χ2n) is 2.45. The molecule has 76 valence electrons. The largest absolute Gasteiger partial charge is 1.00 e. The maximum atomic E-state index is 10.9. The summed E-state index contributed by atoms with van der Waals surface area (Å²) >= 11 is 0. The molecule has 0 aromatic carbocycles. The zero-order chi connectivity index (χ0) is 9.12. The van der Waals surface area contributed by atoms with Crippen molar-refractivity contribution >= 4 is 10.3 Å². The summed E-state index contributed by atoms with van der Waals surface area (Å²) in [6, 6.07) is 0. The minimum atomic E-state index is -3.94. The summed E-state index contributed by atoms with van der Waals surface area (Å²) in [4.78, 5) is 0. The fourth-order valence-electron chi connectivity index (χ4n) is 1.16. The van der Waals surface area contributed by atoms with Crippen LogP contribution in [0.1, 0.15) is 20.8 Å². The van der Waals surface area contributed by atoms with Gasteiger partial charge in [-0.2, -0.15) is 3.89 Å². The molecule has 0 unspecified atom stereocenters. The number of hydrogen-bond donors (Lipinski definition) is 1. The van der Waals surface area contributed by atoms with Crippen molar-refractivity contribution in [3.63, 3.8) is 0 Å². The lowest BCUT2D eigenvalue weighted by Gasteiger charge is -2.29. The number of halogens is 1. The van der Waals surface area contributed by atoms with Crippen LogP contribution < -0.4 is 12.4 Å². The fourth-order valence-corrected chi connectivity index (χ4v) is 2.14. The van der Waals surface area contributed by atoms with Gasteiger partial charge in [0.05, 0.1) is 19.6 Å². The van der Waals surface area contributed by atoms with Gasteiger partial charge >= 0.3 is 10.3 Å². The normalized spacial score (nSPS) is 12.3. The van der Waals surface area contributed by atoms with Crippen LogP contribution in [-0.2, 0) is 10.3 Å². The highest BCUT2D eigenvalue weighted by atomic mass is 35.5. The zero-order valence-electron chi connectivity index (χ0n) is 7.62. The number of hydrogen-bond acceptors (Lipinski definition) is 2. The molecule has 0 aliphatic heterocycles. The van der Waals surface area contributed by atoms with Crippen molar-refractivity contribution < 1.29 is 29.3 Å². The Balaban J connectivity index is 0. The molecule has 0 amide bonds. The van der Waals surface area contributed by atoms with Crippen molar-refractivity contribution in [3.8, 4) is 0 Å². The van der Waals surface area contributed by atoms with Crippen LogP contribution in [0.3, 0.4) is 0 Å². The molecule has 0 spiro atoms. The van der Waals surface area contributed by atoms with Crippen LogP contribution >= 0.6 is 0 Å². The third-order valence-electron chi connectivity index (χ3n) is 2.22. The standard InChI is InChI=1S/C6H15NO3S.ClH/c1-4-7(5-2,6-3)11(8,9)10;/h4-6H2,1-3H3;1H. The van der Waals surface area contributed by atoms with Gasteiger partial charge in [-0.1, -0.05) is 0 Å². The van der Waals surface area contributed by atoms with Gasteiger partial charge in [0.15, 0.2) is 0 Å². The Hall–Kier alpha value is 0.160. The first-order valence-corrected chi connectivity index (χ1v) is 5.17. The Bertz CT molecular complexity index is 203. The van der Waals surface area contributed by atoms with E-state index < -0.39 is 10.3 Å². The molecule has 0 aromatic rings. The summed E-state index contributed by atoms with van der Waals surface area (Å²) in [6.07, 6.45) is 0. The van der Waals surface area contributed by atoms with E-state index in [-0.39, 0.29) is 16.3 Å². The molecule has 0 saturated heterocycles. The molecule has 0 aliphatic rings. The van der Waals surface area contributed by atoms with E-state index in [0.29, 0.717) is 19.6 Å². The van der Waals surface area contributed by atoms with Crippen LogP contribution in [0.25, 0.3) is 0 Å². The molecule has 0 atom stereocenters. The van der Waals surface area contributed by atoms with Crippen LogP contribution in [-0.4, -0.2) is 36.5 Å². The first-order valence-electron chi connectivity index (χ1n) is 3.77. The molecular formula is C6H16ClNO3S. The smallest absolute Gasteiger partial charge is 0.432 e. The first kappa shape index (κ1) is 14.7. The fraction of sp³-hybridized carbons (Fsp3) is 1.00. The average Bonchev–Trinajstić information content (AvgIpc) is 1.90. The molecule has 0 rings (SSSR count). The van der Waals surface area contributed by atoms with Crippen molar-refractivity contribution in [1.82, 2.24) is 0 Å². The van der Waals surface area contributed by atoms with E-state index in [1.165, 1.54) is 0 Å². The highest BCUT2D eigenvalue weighted by Crippen LogP contribution is 2.11. The maximum absolute atomic E-state index is 10.9. The Labute approximate surface area is 80.5 Å². The molecule has 0 radical (unpaired) electrons. The van der Waals surface area contributed by atoms with Crippen LogP contribution in [0.2, 0.25) is 0 Å². The highest BCUT2D eigenvalue weighted by Gasteiger charge is 2.35.